The van der Waals surface area contributed by atoms with Gasteiger partial charge in [0.1, 0.15) is 0 Å². The second-order valence-corrected chi connectivity index (χ2v) is 6.88. The molecule has 0 unspecified atom stereocenters. The first-order valence-electron chi connectivity index (χ1n) is 7.56. The lowest BCUT2D eigenvalue weighted by Crippen LogP contribution is -2.49. The average Bonchev–Trinajstić information content (AvgIpc) is 3.08. The van der Waals surface area contributed by atoms with Crippen LogP contribution in [0.4, 0.5) is 0 Å². The molecular formula is C16H18BrClN4O. The van der Waals surface area contributed by atoms with E-state index >= 15 is 0 Å². The number of hydrogen-bond acceptors (Lipinski definition) is 3. The summed E-state index contributed by atoms with van der Waals surface area (Å²) in [6.45, 7) is 5.11. The molecule has 3 rings (SSSR count). The van der Waals surface area contributed by atoms with Crippen LogP contribution in [0.3, 0.4) is 0 Å². The molecule has 2 aromatic rings. The van der Waals surface area contributed by atoms with Gasteiger partial charge >= 0.3 is 0 Å². The highest BCUT2D eigenvalue weighted by Gasteiger charge is 2.23. The molecule has 0 N–H and O–H groups in total. The summed E-state index contributed by atoms with van der Waals surface area (Å²) in [5.74, 6) is 0.00515. The van der Waals surface area contributed by atoms with Crippen LogP contribution in [-0.2, 0) is 6.54 Å². The van der Waals surface area contributed by atoms with Crippen LogP contribution < -0.4 is 0 Å². The number of amides is 1. The summed E-state index contributed by atoms with van der Waals surface area (Å²) in [5.41, 5.74) is 0.563. The Morgan fingerprint density at radius 3 is 2.70 bits per heavy atom. The molecule has 0 radical (unpaired) electrons. The third kappa shape index (κ3) is 4.13. The zero-order valence-electron chi connectivity index (χ0n) is 12.7. The van der Waals surface area contributed by atoms with Gasteiger partial charge in [-0.2, -0.15) is 0 Å². The minimum absolute atomic E-state index is 0.00515. The van der Waals surface area contributed by atoms with Crippen molar-refractivity contribution < 1.29 is 4.79 Å². The van der Waals surface area contributed by atoms with Gasteiger partial charge < -0.3 is 9.47 Å². The van der Waals surface area contributed by atoms with Crippen LogP contribution in [0.1, 0.15) is 10.4 Å². The maximum atomic E-state index is 12.6. The van der Waals surface area contributed by atoms with Gasteiger partial charge in [-0.3, -0.25) is 9.69 Å². The van der Waals surface area contributed by atoms with Gasteiger partial charge in [0.25, 0.3) is 5.91 Å². The van der Waals surface area contributed by atoms with Crippen molar-refractivity contribution in [3.63, 3.8) is 0 Å². The standard InChI is InChI=1S/C16H18BrClN4O/c17-13-1-2-15(18)14(11-13)16(23)22-9-7-20(8-10-22)5-6-21-4-3-19-12-21/h1-4,11-12H,5-10H2. The Hall–Kier alpha value is -1.37. The monoisotopic (exact) mass is 396 g/mol. The number of carbonyl (C=O) groups is 1. The Balaban J connectivity index is 1.54. The Labute approximate surface area is 149 Å². The smallest absolute Gasteiger partial charge is 0.255 e. The quantitative estimate of drug-likeness (QED) is 0.796. The van der Waals surface area contributed by atoms with E-state index in [4.69, 9.17) is 11.6 Å². The van der Waals surface area contributed by atoms with Crippen molar-refractivity contribution in [2.24, 2.45) is 0 Å². The van der Waals surface area contributed by atoms with E-state index in [-0.39, 0.29) is 5.91 Å². The molecule has 2 heterocycles. The van der Waals surface area contributed by atoms with Crippen LogP contribution in [0.25, 0.3) is 0 Å². The number of nitrogens with zero attached hydrogens (tertiary/aromatic N) is 4. The van der Waals surface area contributed by atoms with Gasteiger partial charge in [0.2, 0.25) is 0 Å². The van der Waals surface area contributed by atoms with Gasteiger partial charge in [-0.15, -0.1) is 0 Å². The number of piperazine rings is 1. The predicted octanol–water partition coefficient (Wildman–Crippen LogP) is 2.76. The van der Waals surface area contributed by atoms with Crippen LogP contribution in [0.5, 0.6) is 0 Å². The van der Waals surface area contributed by atoms with E-state index in [1.807, 2.05) is 23.5 Å². The zero-order chi connectivity index (χ0) is 16.2. The molecule has 1 aromatic heterocycles. The summed E-state index contributed by atoms with van der Waals surface area (Å²) < 4.78 is 2.93. The van der Waals surface area contributed by atoms with Crippen molar-refractivity contribution in [3.05, 3.63) is 52.0 Å². The number of aromatic nitrogens is 2. The number of imidazole rings is 1. The van der Waals surface area contributed by atoms with Gasteiger partial charge in [0.15, 0.2) is 0 Å². The minimum atomic E-state index is 0.00515. The SMILES string of the molecule is O=C(c1cc(Br)ccc1Cl)N1CCN(CCn2ccnc2)CC1. The third-order valence-electron chi connectivity index (χ3n) is 4.05. The lowest BCUT2D eigenvalue weighted by atomic mass is 10.2. The first kappa shape index (κ1) is 16.5. The maximum absolute atomic E-state index is 12.6. The number of halogens is 2. The van der Waals surface area contributed by atoms with Gasteiger partial charge in [0.05, 0.1) is 16.9 Å². The molecule has 0 saturated carbocycles. The Morgan fingerprint density at radius 2 is 2.00 bits per heavy atom. The summed E-state index contributed by atoms with van der Waals surface area (Å²) in [4.78, 5) is 20.9. The van der Waals surface area contributed by atoms with E-state index in [2.05, 4.69) is 30.4 Å². The predicted molar refractivity (Wildman–Crippen MR) is 93.7 cm³/mol. The highest BCUT2D eigenvalue weighted by atomic mass is 79.9. The highest BCUT2D eigenvalue weighted by Crippen LogP contribution is 2.23. The molecule has 1 saturated heterocycles. The number of benzene rings is 1. The fourth-order valence-electron chi connectivity index (χ4n) is 2.68. The summed E-state index contributed by atoms with van der Waals surface area (Å²) in [7, 11) is 0. The van der Waals surface area contributed by atoms with Crippen LogP contribution in [-0.4, -0.2) is 58.0 Å². The van der Waals surface area contributed by atoms with Crippen LogP contribution in [0.2, 0.25) is 5.02 Å². The Kier molecular flexibility index (Phi) is 5.35. The number of hydrogen-bond donors (Lipinski definition) is 0. The van der Waals surface area contributed by atoms with E-state index in [1.54, 1.807) is 18.3 Å². The van der Waals surface area contributed by atoms with Crippen molar-refractivity contribution >= 4 is 33.4 Å². The average molecular weight is 398 g/mol. The van der Waals surface area contributed by atoms with Crippen LogP contribution >= 0.6 is 27.5 Å². The molecule has 7 heteroatoms. The van der Waals surface area contributed by atoms with Gasteiger partial charge in [-0.25, -0.2) is 4.98 Å². The fraction of sp³-hybridized carbons (Fsp3) is 0.375. The molecule has 1 aromatic carbocycles. The molecule has 1 aliphatic heterocycles. The van der Waals surface area contributed by atoms with E-state index in [0.717, 1.165) is 43.7 Å². The normalized spacial score (nSPS) is 15.8. The highest BCUT2D eigenvalue weighted by molar-refractivity contribution is 9.10. The maximum Gasteiger partial charge on any atom is 0.255 e. The summed E-state index contributed by atoms with van der Waals surface area (Å²) >= 11 is 9.55. The van der Waals surface area contributed by atoms with E-state index < -0.39 is 0 Å². The molecule has 0 bridgehead atoms. The van der Waals surface area contributed by atoms with Crippen molar-refractivity contribution in [1.29, 1.82) is 0 Å². The summed E-state index contributed by atoms with van der Waals surface area (Å²) in [5, 5.41) is 0.501. The number of carbonyl (C=O) groups excluding carboxylic acids is 1. The van der Waals surface area contributed by atoms with Crippen molar-refractivity contribution in [2.45, 2.75) is 6.54 Å². The lowest BCUT2D eigenvalue weighted by molar-refractivity contribution is 0.0633. The third-order valence-corrected chi connectivity index (χ3v) is 4.87. The van der Waals surface area contributed by atoms with Crippen molar-refractivity contribution in [1.82, 2.24) is 19.4 Å². The second kappa shape index (κ2) is 7.47. The zero-order valence-corrected chi connectivity index (χ0v) is 15.0. The second-order valence-electron chi connectivity index (χ2n) is 5.56. The van der Waals surface area contributed by atoms with Gasteiger partial charge in [0, 0.05) is 56.1 Å². The topological polar surface area (TPSA) is 41.4 Å². The molecule has 0 aliphatic carbocycles. The van der Waals surface area contributed by atoms with Crippen LogP contribution in [0.15, 0.2) is 41.4 Å². The molecular weight excluding hydrogens is 380 g/mol. The lowest BCUT2D eigenvalue weighted by Gasteiger charge is -2.35. The molecule has 1 aliphatic rings. The summed E-state index contributed by atoms with van der Waals surface area (Å²) in [6.07, 6.45) is 5.59. The molecule has 122 valence electrons. The van der Waals surface area contributed by atoms with Crippen LogP contribution in [0, 0.1) is 0 Å². The molecule has 0 atom stereocenters. The van der Waals surface area contributed by atoms with Gasteiger partial charge in [-0.05, 0) is 18.2 Å². The van der Waals surface area contributed by atoms with E-state index in [1.165, 1.54) is 0 Å². The largest absolute Gasteiger partial charge is 0.336 e. The molecule has 1 fully saturated rings. The van der Waals surface area contributed by atoms with Crippen molar-refractivity contribution in [2.75, 3.05) is 32.7 Å². The first-order valence-corrected chi connectivity index (χ1v) is 8.73. The number of rotatable bonds is 4. The fourth-order valence-corrected chi connectivity index (χ4v) is 3.24. The Bertz CT molecular complexity index is 669. The minimum Gasteiger partial charge on any atom is -0.336 e. The van der Waals surface area contributed by atoms with Gasteiger partial charge in [-0.1, -0.05) is 27.5 Å². The summed E-state index contributed by atoms with van der Waals surface area (Å²) in [6, 6.07) is 5.38. The first-order chi connectivity index (χ1) is 11.1. The van der Waals surface area contributed by atoms with E-state index in [9.17, 15) is 4.79 Å². The molecule has 23 heavy (non-hydrogen) atoms. The Morgan fingerprint density at radius 1 is 1.22 bits per heavy atom. The van der Waals surface area contributed by atoms with E-state index in [0.29, 0.717) is 10.6 Å². The molecule has 0 spiro atoms. The molecule has 1 amide bonds. The van der Waals surface area contributed by atoms with Crippen molar-refractivity contribution in [3.8, 4) is 0 Å². The molecule has 5 nitrogen and oxygen atoms in total.